The highest BCUT2D eigenvalue weighted by molar-refractivity contribution is 5.93. The average molecular weight is 366 g/mol. The summed E-state index contributed by atoms with van der Waals surface area (Å²) < 4.78 is 3.78. The number of amides is 1. The first kappa shape index (κ1) is 17.3. The van der Waals surface area contributed by atoms with Gasteiger partial charge in [0.05, 0.1) is 12.6 Å². The summed E-state index contributed by atoms with van der Waals surface area (Å²) >= 11 is 0. The summed E-state index contributed by atoms with van der Waals surface area (Å²) in [6, 6.07) is 7.48. The molecule has 2 aromatic heterocycles. The second kappa shape index (κ2) is 7.65. The maximum absolute atomic E-state index is 11.3. The van der Waals surface area contributed by atoms with E-state index in [-0.39, 0.29) is 0 Å². The second-order valence-electron chi connectivity index (χ2n) is 6.85. The third-order valence-corrected chi connectivity index (χ3v) is 5.01. The molecule has 4 rings (SSSR count). The van der Waals surface area contributed by atoms with Gasteiger partial charge in [0.15, 0.2) is 5.82 Å². The molecule has 0 bridgehead atoms. The van der Waals surface area contributed by atoms with Gasteiger partial charge < -0.3 is 5.73 Å². The predicted molar refractivity (Wildman–Crippen MR) is 97.6 cm³/mol. The molecule has 0 unspecified atom stereocenters. The molecule has 9 nitrogen and oxygen atoms in total. The Morgan fingerprint density at radius 2 is 1.93 bits per heavy atom. The van der Waals surface area contributed by atoms with Gasteiger partial charge in [-0.1, -0.05) is 31.4 Å². The summed E-state index contributed by atoms with van der Waals surface area (Å²) in [7, 11) is 0. The van der Waals surface area contributed by atoms with Crippen LogP contribution in [0.25, 0.3) is 11.4 Å². The van der Waals surface area contributed by atoms with E-state index in [1.54, 1.807) is 23.1 Å². The maximum atomic E-state index is 11.3. The van der Waals surface area contributed by atoms with Gasteiger partial charge in [-0.15, -0.1) is 5.10 Å². The number of aromatic nitrogens is 7. The summed E-state index contributed by atoms with van der Waals surface area (Å²) in [5.74, 6) is 1.17. The fourth-order valence-electron chi connectivity index (χ4n) is 3.55. The molecular weight excluding hydrogens is 344 g/mol. The molecule has 9 heteroatoms. The molecule has 0 radical (unpaired) electrons. The topological polar surface area (TPSA) is 117 Å². The van der Waals surface area contributed by atoms with Gasteiger partial charge in [-0.2, -0.15) is 5.10 Å². The number of hydrogen-bond donors (Lipinski definition) is 1. The summed E-state index contributed by atoms with van der Waals surface area (Å²) in [4.78, 5) is 16.1. The third kappa shape index (κ3) is 3.86. The number of rotatable bonds is 6. The highest BCUT2D eigenvalue weighted by atomic mass is 16.1. The van der Waals surface area contributed by atoms with Crippen LogP contribution in [-0.4, -0.2) is 40.9 Å². The smallest absolute Gasteiger partial charge is 0.248 e. The first-order valence-corrected chi connectivity index (χ1v) is 9.27. The minimum absolute atomic E-state index is 0.383. The molecule has 1 aromatic carbocycles. The first-order valence-electron chi connectivity index (χ1n) is 9.27. The van der Waals surface area contributed by atoms with Gasteiger partial charge in [-0.3, -0.25) is 4.79 Å². The minimum atomic E-state index is -0.440. The van der Waals surface area contributed by atoms with Crippen LogP contribution in [-0.2, 0) is 13.0 Å². The van der Waals surface area contributed by atoms with Crippen LogP contribution < -0.4 is 5.73 Å². The standard InChI is InChI=1S/C18H22N8O/c19-17(27)13-6-8-14(9-7-13)18-21-16(10-11-25-12-20-23-24-25)26(22-18)15-4-2-1-3-5-15/h6-9,12,15H,1-5,10-11H2,(H2,19,27). The SMILES string of the molecule is NC(=O)c1ccc(-c2nc(CCn3cnnn3)n(C3CCCCC3)n2)cc1. The van der Waals surface area contributed by atoms with E-state index in [0.29, 0.717) is 30.4 Å². The molecule has 1 fully saturated rings. The van der Waals surface area contributed by atoms with Crippen molar-refractivity contribution in [1.82, 2.24) is 35.0 Å². The Hall–Kier alpha value is -3.10. The van der Waals surface area contributed by atoms with Gasteiger partial charge in [0.1, 0.15) is 12.2 Å². The molecular formula is C18H22N8O. The van der Waals surface area contributed by atoms with Crippen LogP contribution in [0.3, 0.4) is 0 Å². The molecule has 1 aliphatic carbocycles. The quantitative estimate of drug-likeness (QED) is 0.710. The van der Waals surface area contributed by atoms with E-state index in [1.165, 1.54) is 19.3 Å². The largest absolute Gasteiger partial charge is 0.366 e. The lowest BCUT2D eigenvalue weighted by molar-refractivity contribution is 0.100. The Morgan fingerprint density at radius 1 is 1.15 bits per heavy atom. The molecule has 3 aromatic rings. The first-order chi connectivity index (χ1) is 13.2. The number of carbonyl (C=O) groups excluding carboxylic acids is 1. The average Bonchev–Trinajstić information content (AvgIpc) is 3.37. The molecule has 27 heavy (non-hydrogen) atoms. The fraction of sp³-hybridized carbons (Fsp3) is 0.444. The van der Waals surface area contributed by atoms with Gasteiger partial charge in [-0.05, 0) is 35.4 Å². The molecule has 2 heterocycles. The number of aryl methyl sites for hydroxylation is 2. The lowest BCUT2D eigenvalue weighted by Gasteiger charge is -2.23. The number of hydrogen-bond acceptors (Lipinski definition) is 6. The van der Waals surface area contributed by atoms with E-state index in [0.717, 1.165) is 24.2 Å². The highest BCUT2D eigenvalue weighted by Crippen LogP contribution is 2.30. The van der Waals surface area contributed by atoms with E-state index in [1.807, 2.05) is 12.1 Å². The van der Waals surface area contributed by atoms with Gasteiger partial charge >= 0.3 is 0 Å². The normalized spacial score (nSPS) is 15.1. The zero-order valence-corrected chi connectivity index (χ0v) is 15.0. The Labute approximate surface area is 156 Å². The van der Waals surface area contributed by atoms with Crippen molar-refractivity contribution in [2.24, 2.45) is 5.73 Å². The number of carbonyl (C=O) groups is 1. The molecule has 140 valence electrons. The Morgan fingerprint density at radius 3 is 2.59 bits per heavy atom. The highest BCUT2D eigenvalue weighted by Gasteiger charge is 2.21. The van der Waals surface area contributed by atoms with Crippen LogP contribution in [0, 0.1) is 0 Å². The molecule has 0 aliphatic heterocycles. The van der Waals surface area contributed by atoms with Crippen molar-refractivity contribution in [2.45, 2.75) is 51.1 Å². The van der Waals surface area contributed by atoms with E-state index in [2.05, 4.69) is 20.2 Å². The van der Waals surface area contributed by atoms with Crippen molar-refractivity contribution in [3.8, 4) is 11.4 Å². The molecule has 1 aliphatic rings. The van der Waals surface area contributed by atoms with Crippen LogP contribution in [0.4, 0.5) is 0 Å². The summed E-state index contributed by atoms with van der Waals surface area (Å²) in [6.07, 6.45) is 8.28. The van der Waals surface area contributed by atoms with Crippen molar-refractivity contribution in [3.05, 3.63) is 42.0 Å². The van der Waals surface area contributed by atoms with Gasteiger partial charge in [-0.25, -0.2) is 14.3 Å². The third-order valence-electron chi connectivity index (χ3n) is 5.01. The van der Waals surface area contributed by atoms with Gasteiger partial charge in [0.2, 0.25) is 5.91 Å². The number of tetrazole rings is 1. The number of nitrogens with zero attached hydrogens (tertiary/aromatic N) is 7. The van der Waals surface area contributed by atoms with E-state index >= 15 is 0 Å². The molecule has 0 spiro atoms. The molecule has 2 N–H and O–H groups in total. The summed E-state index contributed by atoms with van der Waals surface area (Å²) in [5.41, 5.74) is 6.67. The van der Waals surface area contributed by atoms with E-state index < -0.39 is 5.91 Å². The number of primary amides is 1. The van der Waals surface area contributed by atoms with Gasteiger partial charge in [0.25, 0.3) is 0 Å². The van der Waals surface area contributed by atoms with Gasteiger partial charge in [0, 0.05) is 17.5 Å². The molecule has 1 saturated carbocycles. The zero-order valence-electron chi connectivity index (χ0n) is 15.0. The lowest BCUT2D eigenvalue weighted by Crippen LogP contribution is -2.18. The van der Waals surface area contributed by atoms with Crippen LogP contribution in [0.1, 0.15) is 54.3 Å². The minimum Gasteiger partial charge on any atom is -0.366 e. The van der Waals surface area contributed by atoms with Crippen molar-refractivity contribution in [2.75, 3.05) is 0 Å². The monoisotopic (exact) mass is 366 g/mol. The van der Waals surface area contributed by atoms with Crippen LogP contribution in [0.15, 0.2) is 30.6 Å². The van der Waals surface area contributed by atoms with Crippen LogP contribution >= 0.6 is 0 Å². The lowest BCUT2D eigenvalue weighted by atomic mass is 9.95. The molecule has 0 atom stereocenters. The number of nitrogens with two attached hydrogens (primary N) is 1. The van der Waals surface area contributed by atoms with E-state index in [9.17, 15) is 4.79 Å². The van der Waals surface area contributed by atoms with Crippen molar-refractivity contribution in [3.63, 3.8) is 0 Å². The predicted octanol–water partition coefficient (Wildman–Crippen LogP) is 1.78. The fourth-order valence-corrected chi connectivity index (χ4v) is 3.55. The Kier molecular flexibility index (Phi) is 4.91. The van der Waals surface area contributed by atoms with Crippen molar-refractivity contribution in [1.29, 1.82) is 0 Å². The second-order valence-corrected chi connectivity index (χ2v) is 6.85. The molecule has 1 amide bonds. The molecule has 0 saturated heterocycles. The van der Waals surface area contributed by atoms with Crippen LogP contribution in [0.2, 0.25) is 0 Å². The van der Waals surface area contributed by atoms with Crippen molar-refractivity contribution < 1.29 is 4.79 Å². The van der Waals surface area contributed by atoms with E-state index in [4.69, 9.17) is 15.8 Å². The number of benzene rings is 1. The maximum Gasteiger partial charge on any atom is 0.248 e. The summed E-state index contributed by atoms with van der Waals surface area (Å²) in [6.45, 7) is 0.651. The Bertz CT molecular complexity index is 894. The van der Waals surface area contributed by atoms with Crippen molar-refractivity contribution >= 4 is 5.91 Å². The van der Waals surface area contributed by atoms with Crippen LogP contribution in [0.5, 0.6) is 0 Å². The summed E-state index contributed by atoms with van der Waals surface area (Å²) in [5, 5.41) is 16.1. The zero-order chi connectivity index (χ0) is 18.6. The Balaban J connectivity index is 1.62.